The Balaban J connectivity index is 2.03. The molecule has 1 aromatic rings. The number of amides is 1. The van der Waals surface area contributed by atoms with E-state index in [4.69, 9.17) is 0 Å². The molecule has 2 rings (SSSR count). The molecule has 0 spiro atoms. The SMILES string of the molecule is CCN(C(=O)Cc1ccc(F)c(F)c1)C1CCNC1. The molecule has 104 valence electrons. The number of halogens is 2. The molecule has 1 aliphatic rings. The summed E-state index contributed by atoms with van der Waals surface area (Å²) in [5.74, 6) is -1.83. The van der Waals surface area contributed by atoms with E-state index in [2.05, 4.69) is 5.32 Å². The Labute approximate surface area is 111 Å². The van der Waals surface area contributed by atoms with Gasteiger partial charge in [0.15, 0.2) is 11.6 Å². The van der Waals surface area contributed by atoms with Gasteiger partial charge in [-0.1, -0.05) is 6.07 Å². The first-order chi connectivity index (χ1) is 9.11. The Morgan fingerprint density at radius 2 is 2.21 bits per heavy atom. The summed E-state index contributed by atoms with van der Waals surface area (Å²) >= 11 is 0. The van der Waals surface area contributed by atoms with Crippen LogP contribution in [0.15, 0.2) is 18.2 Å². The maximum atomic E-state index is 13.1. The van der Waals surface area contributed by atoms with E-state index in [0.29, 0.717) is 12.1 Å². The van der Waals surface area contributed by atoms with Gasteiger partial charge in [0.05, 0.1) is 6.42 Å². The van der Waals surface area contributed by atoms with Gasteiger partial charge in [-0.3, -0.25) is 4.79 Å². The molecule has 1 N–H and O–H groups in total. The lowest BCUT2D eigenvalue weighted by molar-refractivity contribution is -0.132. The molecular formula is C14H18F2N2O. The number of likely N-dealkylation sites (N-methyl/N-ethyl adjacent to an activating group) is 1. The van der Waals surface area contributed by atoms with E-state index in [1.807, 2.05) is 6.92 Å². The lowest BCUT2D eigenvalue weighted by Gasteiger charge is -2.27. The van der Waals surface area contributed by atoms with Gasteiger partial charge in [0, 0.05) is 19.1 Å². The number of hydrogen-bond donors (Lipinski definition) is 1. The molecule has 1 heterocycles. The minimum Gasteiger partial charge on any atom is -0.338 e. The second kappa shape index (κ2) is 6.10. The molecule has 1 amide bonds. The Morgan fingerprint density at radius 3 is 2.79 bits per heavy atom. The number of benzene rings is 1. The smallest absolute Gasteiger partial charge is 0.227 e. The molecule has 1 unspecified atom stereocenters. The van der Waals surface area contributed by atoms with Crippen LogP contribution in [-0.4, -0.2) is 36.5 Å². The first-order valence-corrected chi connectivity index (χ1v) is 6.56. The third-order valence-corrected chi connectivity index (χ3v) is 3.48. The molecule has 1 aromatic carbocycles. The zero-order valence-corrected chi connectivity index (χ0v) is 11.0. The summed E-state index contributed by atoms with van der Waals surface area (Å²) in [7, 11) is 0. The molecular weight excluding hydrogens is 250 g/mol. The Hall–Kier alpha value is -1.49. The molecule has 1 saturated heterocycles. The highest BCUT2D eigenvalue weighted by Gasteiger charge is 2.25. The maximum Gasteiger partial charge on any atom is 0.227 e. The quantitative estimate of drug-likeness (QED) is 0.901. The molecule has 0 radical (unpaired) electrons. The van der Waals surface area contributed by atoms with Crippen LogP contribution < -0.4 is 5.32 Å². The summed E-state index contributed by atoms with van der Waals surface area (Å²) in [5.41, 5.74) is 0.508. The molecule has 19 heavy (non-hydrogen) atoms. The van der Waals surface area contributed by atoms with Gasteiger partial charge in [0.25, 0.3) is 0 Å². The van der Waals surface area contributed by atoms with Crippen LogP contribution >= 0.6 is 0 Å². The normalized spacial score (nSPS) is 18.6. The van der Waals surface area contributed by atoms with Crippen LogP contribution in [0.25, 0.3) is 0 Å². The number of rotatable bonds is 4. The standard InChI is InChI=1S/C14H18F2N2O/c1-2-18(11-5-6-17-9-11)14(19)8-10-3-4-12(15)13(16)7-10/h3-4,7,11,17H,2,5-6,8-9H2,1H3. The van der Waals surface area contributed by atoms with Crippen LogP contribution in [0.5, 0.6) is 0 Å². The van der Waals surface area contributed by atoms with E-state index < -0.39 is 11.6 Å². The molecule has 0 bridgehead atoms. The van der Waals surface area contributed by atoms with Crippen molar-refractivity contribution in [3.8, 4) is 0 Å². The average molecular weight is 268 g/mol. The number of carbonyl (C=O) groups excluding carboxylic acids is 1. The van der Waals surface area contributed by atoms with Gasteiger partial charge < -0.3 is 10.2 Å². The highest BCUT2D eigenvalue weighted by molar-refractivity contribution is 5.79. The highest BCUT2D eigenvalue weighted by atomic mass is 19.2. The zero-order valence-electron chi connectivity index (χ0n) is 11.0. The van der Waals surface area contributed by atoms with E-state index in [9.17, 15) is 13.6 Å². The summed E-state index contributed by atoms with van der Waals surface area (Å²) in [6.45, 7) is 4.29. The number of hydrogen-bond acceptors (Lipinski definition) is 2. The maximum absolute atomic E-state index is 13.1. The van der Waals surface area contributed by atoms with Crippen LogP contribution in [0.4, 0.5) is 8.78 Å². The Kier molecular flexibility index (Phi) is 4.47. The summed E-state index contributed by atoms with van der Waals surface area (Å²) in [6.07, 6.45) is 1.05. The fourth-order valence-electron chi connectivity index (χ4n) is 2.47. The molecule has 0 aromatic heterocycles. The summed E-state index contributed by atoms with van der Waals surface area (Å²) in [6, 6.07) is 3.82. The molecule has 3 nitrogen and oxygen atoms in total. The van der Waals surface area contributed by atoms with Crippen molar-refractivity contribution in [2.45, 2.75) is 25.8 Å². The van der Waals surface area contributed by atoms with Crippen LogP contribution in [0.1, 0.15) is 18.9 Å². The predicted molar refractivity (Wildman–Crippen MR) is 68.7 cm³/mol. The van der Waals surface area contributed by atoms with E-state index in [1.54, 1.807) is 4.90 Å². The second-order valence-electron chi connectivity index (χ2n) is 4.75. The lowest BCUT2D eigenvalue weighted by atomic mass is 10.1. The largest absolute Gasteiger partial charge is 0.338 e. The van der Waals surface area contributed by atoms with Crippen molar-refractivity contribution in [3.63, 3.8) is 0 Å². The zero-order chi connectivity index (χ0) is 13.8. The predicted octanol–water partition coefficient (Wildman–Crippen LogP) is 1.72. The van der Waals surface area contributed by atoms with Gasteiger partial charge >= 0.3 is 0 Å². The van der Waals surface area contributed by atoms with Crippen molar-refractivity contribution in [2.75, 3.05) is 19.6 Å². The van der Waals surface area contributed by atoms with E-state index in [1.165, 1.54) is 6.07 Å². The van der Waals surface area contributed by atoms with Gasteiger partial charge in [-0.15, -0.1) is 0 Å². The first-order valence-electron chi connectivity index (χ1n) is 6.56. The topological polar surface area (TPSA) is 32.3 Å². The van der Waals surface area contributed by atoms with Gasteiger partial charge in [0.1, 0.15) is 0 Å². The second-order valence-corrected chi connectivity index (χ2v) is 4.75. The van der Waals surface area contributed by atoms with Crippen molar-refractivity contribution >= 4 is 5.91 Å². The Morgan fingerprint density at radius 1 is 1.42 bits per heavy atom. The van der Waals surface area contributed by atoms with Crippen molar-refractivity contribution in [1.29, 1.82) is 0 Å². The Bertz CT molecular complexity index is 459. The van der Waals surface area contributed by atoms with E-state index in [0.717, 1.165) is 31.6 Å². The van der Waals surface area contributed by atoms with Gasteiger partial charge in [-0.2, -0.15) is 0 Å². The fraction of sp³-hybridized carbons (Fsp3) is 0.500. The van der Waals surface area contributed by atoms with Crippen molar-refractivity contribution in [3.05, 3.63) is 35.4 Å². The fourth-order valence-corrected chi connectivity index (χ4v) is 2.47. The molecule has 1 fully saturated rings. The summed E-state index contributed by atoms with van der Waals surface area (Å²) in [5, 5.41) is 3.22. The molecule has 1 aliphatic heterocycles. The van der Waals surface area contributed by atoms with Crippen LogP contribution in [-0.2, 0) is 11.2 Å². The monoisotopic (exact) mass is 268 g/mol. The molecule has 0 aliphatic carbocycles. The summed E-state index contributed by atoms with van der Waals surface area (Å²) in [4.78, 5) is 14.0. The summed E-state index contributed by atoms with van der Waals surface area (Å²) < 4.78 is 25.9. The van der Waals surface area contributed by atoms with Crippen molar-refractivity contribution in [2.24, 2.45) is 0 Å². The van der Waals surface area contributed by atoms with Crippen LogP contribution in [0.2, 0.25) is 0 Å². The van der Waals surface area contributed by atoms with Gasteiger partial charge in [0.2, 0.25) is 5.91 Å². The first kappa shape index (κ1) is 13.9. The highest BCUT2D eigenvalue weighted by Crippen LogP contribution is 2.13. The lowest BCUT2D eigenvalue weighted by Crippen LogP contribution is -2.42. The van der Waals surface area contributed by atoms with Crippen LogP contribution in [0, 0.1) is 11.6 Å². The van der Waals surface area contributed by atoms with E-state index in [-0.39, 0.29) is 18.4 Å². The minimum atomic E-state index is -0.907. The third kappa shape index (κ3) is 3.29. The number of nitrogens with one attached hydrogen (secondary N) is 1. The number of nitrogens with zero attached hydrogens (tertiary/aromatic N) is 1. The average Bonchev–Trinajstić information content (AvgIpc) is 2.88. The molecule has 1 atom stereocenters. The van der Waals surface area contributed by atoms with Gasteiger partial charge in [-0.05, 0) is 37.6 Å². The van der Waals surface area contributed by atoms with E-state index >= 15 is 0 Å². The molecule has 0 saturated carbocycles. The van der Waals surface area contributed by atoms with Crippen LogP contribution in [0.3, 0.4) is 0 Å². The third-order valence-electron chi connectivity index (χ3n) is 3.48. The minimum absolute atomic E-state index is 0.0396. The van der Waals surface area contributed by atoms with Crippen molar-refractivity contribution < 1.29 is 13.6 Å². The number of carbonyl (C=O) groups is 1. The molecule has 5 heteroatoms. The van der Waals surface area contributed by atoms with Gasteiger partial charge in [-0.25, -0.2) is 8.78 Å². The van der Waals surface area contributed by atoms with Crippen molar-refractivity contribution in [1.82, 2.24) is 10.2 Å².